The molecule has 0 heterocycles. The summed E-state index contributed by atoms with van der Waals surface area (Å²) in [5.41, 5.74) is 5.00. The van der Waals surface area contributed by atoms with Crippen molar-refractivity contribution in [3.05, 3.63) is 70.5 Å². The zero-order chi connectivity index (χ0) is 14.5. The highest BCUT2D eigenvalue weighted by Crippen LogP contribution is 2.14. The van der Waals surface area contributed by atoms with Crippen molar-refractivity contribution in [2.75, 3.05) is 7.05 Å². The normalized spacial score (nSPS) is 12.4. The minimum atomic E-state index is -0.163. The summed E-state index contributed by atoms with van der Waals surface area (Å²) in [6.45, 7) is 4.27. The third-order valence-electron chi connectivity index (χ3n) is 3.83. The van der Waals surface area contributed by atoms with Gasteiger partial charge in [0.25, 0.3) is 0 Å². The molecule has 2 heteroatoms. The highest BCUT2D eigenvalue weighted by atomic mass is 19.1. The Hall–Kier alpha value is -1.67. The van der Waals surface area contributed by atoms with Crippen LogP contribution in [0.15, 0.2) is 42.5 Å². The summed E-state index contributed by atoms with van der Waals surface area (Å²) in [7, 11) is 1.96. The van der Waals surface area contributed by atoms with Gasteiger partial charge >= 0.3 is 0 Å². The van der Waals surface area contributed by atoms with Crippen LogP contribution in [0.3, 0.4) is 0 Å². The van der Waals surface area contributed by atoms with Crippen LogP contribution in [0.25, 0.3) is 0 Å². The second kappa shape index (κ2) is 6.67. The lowest BCUT2D eigenvalue weighted by Crippen LogP contribution is -2.30. The van der Waals surface area contributed by atoms with Crippen LogP contribution in [0, 0.1) is 19.7 Å². The molecule has 0 bridgehead atoms. The van der Waals surface area contributed by atoms with Crippen LogP contribution in [-0.2, 0) is 12.8 Å². The molecule has 2 rings (SSSR count). The monoisotopic (exact) mass is 271 g/mol. The highest BCUT2D eigenvalue weighted by Gasteiger charge is 2.09. The first kappa shape index (κ1) is 14.7. The lowest BCUT2D eigenvalue weighted by atomic mass is 9.97. The van der Waals surface area contributed by atoms with Crippen molar-refractivity contribution in [2.24, 2.45) is 0 Å². The summed E-state index contributed by atoms with van der Waals surface area (Å²) in [4.78, 5) is 0. The molecule has 1 nitrogen and oxygen atoms in total. The van der Waals surface area contributed by atoms with Gasteiger partial charge in [0.15, 0.2) is 0 Å². The first-order valence-corrected chi connectivity index (χ1v) is 7.06. The average molecular weight is 271 g/mol. The van der Waals surface area contributed by atoms with E-state index in [2.05, 4.69) is 37.4 Å². The Balaban J connectivity index is 2.07. The Bertz CT molecular complexity index is 577. The number of nitrogens with one attached hydrogen (secondary N) is 1. The van der Waals surface area contributed by atoms with Gasteiger partial charge < -0.3 is 5.32 Å². The summed E-state index contributed by atoms with van der Waals surface area (Å²) in [5, 5.41) is 3.33. The van der Waals surface area contributed by atoms with Gasteiger partial charge in [0.1, 0.15) is 5.82 Å². The Labute approximate surface area is 120 Å². The quantitative estimate of drug-likeness (QED) is 0.872. The maximum atomic E-state index is 13.2. The van der Waals surface area contributed by atoms with E-state index in [0.717, 1.165) is 18.4 Å². The predicted octanol–water partition coefficient (Wildman–Crippen LogP) is 3.82. The van der Waals surface area contributed by atoms with E-state index in [9.17, 15) is 4.39 Å². The maximum Gasteiger partial charge on any atom is 0.123 e. The molecule has 0 saturated carbocycles. The van der Waals surface area contributed by atoms with E-state index < -0.39 is 0 Å². The number of halogens is 1. The van der Waals surface area contributed by atoms with Crippen molar-refractivity contribution >= 4 is 0 Å². The standard InChI is InChI=1S/C18H22FN/c1-13-7-8-16(9-14(13)2)12-18(20-3)11-15-5-4-6-17(19)10-15/h4-10,18,20H,11-12H2,1-3H3. The number of hydrogen-bond acceptors (Lipinski definition) is 1. The van der Waals surface area contributed by atoms with E-state index in [4.69, 9.17) is 0 Å². The molecule has 0 aromatic heterocycles. The topological polar surface area (TPSA) is 12.0 Å². The first-order chi connectivity index (χ1) is 9.58. The number of rotatable bonds is 5. The molecule has 1 unspecified atom stereocenters. The van der Waals surface area contributed by atoms with E-state index in [-0.39, 0.29) is 5.82 Å². The number of aryl methyl sites for hydroxylation is 2. The van der Waals surface area contributed by atoms with E-state index in [1.807, 2.05) is 13.1 Å². The largest absolute Gasteiger partial charge is 0.316 e. The Kier molecular flexibility index (Phi) is 4.91. The van der Waals surface area contributed by atoms with Crippen LogP contribution in [-0.4, -0.2) is 13.1 Å². The summed E-state index contributed by atoms with van der Waals surface area (Å²) in [5.74, 6) is -0.163. The summed E-state index contributed by atoms with van der Waals surface area (Å²) < 4.78 is 13.2. The second-order valence-corrected chi connectivity index (χ2v) is 5.44. The molecule has 0 aliphatic carbocycles. The van der Waals surface area contributed by atoms with Gasteiger partial charge in [-0.1, -0.05) is 30.3 Å². The molecule has 0 spiro atoms. The van der Waals surface area contributed by atoms with E-state index in [1.165, 1.54) is 22.8 Å². The molecule has 2 aromatic carbocycles. The number of hydrogen-bond donors (Lipinski definition) is 1. The van der Waals surface area contributed by atoms with E-state index >= 15 is 0 Å². The van der Waals surface area contributed by atoms with Crippen LogP contribution in [0.1, 0.15) is 22.3 Å². The molecule has 0 aliphatic rings. The zero-order valence-corrected chi connectivity index (χ0v) is 12.4. The van der Waals surface area contributed by atoms with Gasteiger partial charge in [-0.3, -0.25) is 0 Å². The highest BCUT2D eigenvalue weighted by molar-refractivity contribution is 5.30. The predicted molar refractivity (Wildman–Crippen MR) is 82.6 cm³/mol. The number of likely N-dealkylation sites (N-methyl/N-ethyl adjacent to an activating group) is 1. The Morgan fingerprint density at radius 3 is 2.25 bits per heavy atom. The fourth-order valence-electron chi connectivity index (χ4n) is 2.44. The van der Waals surface area contributed by atoms with Crippen molar-refractivity contribution in [2.45, 2.75) is 32.7 Å². The molecule has 0 amide bonds. The summed E-state index contributed by atoms with van der Waals surface area (Å²) >= 11 is 0. The molecule has 20 heavy (non-hydrogen) atoms. The molecule has 0 aliphatic heterocycles. The molecule has 1 N–H and O–H groups in total. The zero-order valence-electron chi connectivity index (χ0n) is 12.4. The fourth-order valence-corrected chi connectivity index (χ4v) is 2.44. The smallest absolute Gasteiger partial charge is 0.123 e. The third-order valence-corrected chi connectivity index (χ3v) is 3.83. The maximum absolute atomic E-state index is 13.2. The van der Waals surface area contributed by atoms with Crippen LogP contribution >= 0.6 is 0 Å². The SMILES string of the molecule is CNC(Cc1cccc(F)c1)Cc1ccc(C)c(C)c1. The van der Waals surface area contributed by atoms with Gasteiger partial charge in [-0.05, 0) is 68.1 Å². The van der Waals surface area contributed by atoms with Gasteiger partial charge in [-0.2, -0.15) is 0 Å². The third kappa shape index (κ3) is 3.91. The Morgan fingerprint density at radius 2 is 1.65 bits per heavy atom. The lowest BCUT2D eigenvalue weighted by molar-refractivity contribution is 0.552. The van der Waals surface area contributed by atoms with Crippen LogP contribution in [0.2, 0.25) is 0 Å². The molecule has 0 fully saturated rings. The average Bonchev–Trinajstić information content (AvgIpc) is 2.42. The van der Waals surface area contributed by atoms with Crippen molar-refractivity contribution in [1.29, 1.82) is 0 Å². The minimum absolute atomic E-state index is 0.163. The molecule has 0 saturated heterocycles. The van der Waals surface area contributed by atoms with Gasteiger partial charge in [0, 0.05) is 6.04 Å². The summed E-state index contributed by atoms with van der Waals surface area (Å²) in [6, 6.07) is 13.8. The van der Waals surface area contributed by atoms with Gasteiger partial charge in [-0.25, -0.2) is 4.39 Å². The minimum Gasteiger partial charge on any atom is -0.316 e. The molecular weight excluding hydrogens is 249 g/mol. The van der Waals surface area contributed by atoms with E-state index in [0.29, 0.717) is 6.04 Å². The molecule has 106 valence electrons. The molecule has 1 atom stereocenters. The number of benzene rings is 2. The molecular formula is C18H22FN. The van der Waals surface area contributed by atoms with Crippen molar-refractivity contribution in [1.82, 2.24) is 5.32 Å². The van der Waals surface area contributed by atoms with Crippen LogP contribution < -0.4 is 5.32 Å². The van der Waals surface area contributed by atoms with Gasteiger partial charge in [0.05, 0.1) is 0 Å². The van der Waals surface area contributed by atoms with Gasteiger partial charge in [0.2, 0.25) is 0 Å². The van der Waals surface area contributed by atoms with Crippen LogP contribution in [0.5, 0.6) is 0 Å². The van der Waals surface area contributed by atoms with Crippen LogP contribution in [0.4, 0.5) is 4.39 Å². The van der Waals surface area contributed by atoms with Gasteiger partial charge in [-0.15, -0.1) is 0 Å². The van der Waals surface area contributed by atoms with Crippen molar-refractivity contribution in [3.8, 4) is 0 Å². The summed E-state index contributed by atoms with van der Waals surface area (Å²) in [6.07, 6.45) is 1.79. The molecule has 0 radical (unpaired) electrons. The fraction of sp³-hybridized carbons (Fsp3) is 0.333. The van der Waals surface area contributed by atoms with E-state index in [1.54, 1.807) is 12.1 Å². The van der Waals surface area contributed by atoms with Crippen molar-refractivity contribution < 1.29 is 4.39 Å². The lowest BCUT2D eigenvalue weighted by Gasteiger charge is -2.17. The van der Waals surface area contributed by atoms with Crippen molar-refractivity contribution in [3.63, 3.8) is 0 Å². The second-order valence-electron chi connectivity index (χ2n) is 5.44. The molecule has 2 aromatic rings. The first-order valence-electron chi connectivity index (χ1n) is 7.06. The Morgan fingerprint density at radius 1 is 0.950 bits per heavy atom.